The topological polar surface area (TPSA) is 15.3 Å². The van der Waals surface area contributed by atoms with Crippen molar-refractivity contribution in [2.45, 2.75) is 32.7 Å². The number of piperazine rings is 1. The first-order valence-corrected chi connectivity index (χ1v) is 7.27. The lowest BCUT2D eigenvalue weighted by atomic mass is 9.94. The predicted octanol–water partition coefficient (Wildman–Crippen LogP) is 3.50. The Balaban J connectivity index is 0.000001000. The molecule has 20 heavy (non-hydrogen) atoms. The zero-order chi connectivity index (χ0) is 12.5. The number of benzene rings is 1. The second kappa shape index (κ2) is 7.65. The summed E-state index contributed by atoms with van der Waals surface area (Å²) in [6.07, 6.45) is 2.84. The van der Waals surface area contributed by atoms with Crippen molar-refractivity contribution in [2.24, 2.45) is 5.92 Å². The fourth-order valence-corrected chi connectivity index (χ4v) is 3.20. The van der Waals surface area contributed by atoms with Crippen molar-refractivity contribution in [3.8, 4) is 0 Å². The number of aryl methyl sites for hydroxylation is 2. The van der Waals surface area contributed by atoms with Crippen LogP contribution < -0.4 is 5.32 Å². The van der Waals surface area contributed by atoms with E-state index in [2.05, 4.69) is 42.3 Å². The van der Waals surface area contributed by atoms with Crippen LogP contribution in [-0.4, -0.2) is 31.1 Å². The van der Waals surface area contributed by atoms with Crippen molar-refractivity contribution in [1.29, 1.82) is 0 Å². The highest BCUT2D eigenvalue weighted by atomic mass is 35.5. The molecule has 0 aromatic heterocycles. The van der Waals surface area contributed by atoms with E-state index in [9.17, 15) is 0 Å². The van der Waals surface area contributed by atoms with Gasteiger partial charge in [-0.15, -0.1) is 24.8 Å². The second-order valence-electron chi connectivity index (χ2n) is 5.93. The van der Waals surface area contributed by atoms with Crippen molar-refractivity contribution >= 4 is 24.8 Å². The quantitative estimate of drug-likeness (QED) is 0.918. The summed E-state index contributed by atoms with van der Waals surface area (Å²) in [5, 5.41) is 3.46. The zero-order valence-corrected chi connectivity index (χ0v) is 14.0. The van der Waals surface area contributed by atoms with Crippen molar-refractivity contribution in [3.05, 3.63) is 34.9 Å². The van der Waals surface area contributed by atoms with Crippen LogP contribution in [0.3, 0.4) is 0 Å². The molecule has 1 saturated heterocycles. The molecular formula is C16H26Cl2N2. The van der Waals surface area contributed by atoms with Gasteiger partial charge in [0.1, 0.15) is 0 Å². The number of nitrogens with zero attached hydrogens (tertiary/aromatic N) is 1. The summed E-state index contributed by atoms with van der Waals surface area (Å²) in [4.78, 5) is 2.70. The number of hydrogen-bond donors (Lipinski definition) is 1. The van der Waals surface area contributed by atoms with Crippen LogP contribution in [0.25, 0.3) is 0 Å². The van der Waals surface area contributed by atoms with Crippen LogP contribution in [0.1, 0.15) is 35.6 Å². The average Bonchev–Trinajstić information content (AvgIpc) is 3.20. The summed E-state index contributed by atoms with van der Waals surface area (Å²) in [6, 6.07) is 7.62. The molecule has 3 rings (SSSR count). The molecule has 1 saturated carbocycles. The highest BCUT2D eigenvalue weighted by Gasteiger charge is 2.37. The molecule has 1 atom stereocenters. The van der Waals surface area contributed by atoms with E-state index >= 15 is 0 Å². The molecule has 0 spiro atoms. The van der Waals surface area contributed by atoms with Gasteiger partial charge in [0.15, 0.2) is 0 Å². The van der Waals surface area contributed by atoms with E-state index in [0.29, 0.717) is 6.04 Å². The van der Waals surface area contributed by atoms with Gasteiger partial charge in [0, 0.05) is 32.2 Å². The first-order valence-electron chi connectivity index (χ1n) is 7.27. The van der Waals surface area contributed by atoms with Crippen LogP contribution in [0.5, 0.6) is 0 Å². The normalized spacial score (nSPS) is 20.7. The monoisotopic (exact) mass is 316 g/mol. The Hall–Kier alpha value is -0.280. The van der Waals surface area contributed by atoms with E-state index in [-0.39, 0.29) is 24.8 Å². The molecule has 1 aromatic rings. The van der Waals surface area contributed by atoms with Crippen LogP contribution in [0.4, 0.5) is 0 Å². The zero-order valence-electron chi connectivity index (χ0n) is 12.4. The third-order valence-corrected chi connectivity index (χ3v) is 4.37. The number of hydrogen-bond acceptors (Lipinski definition) is 2. The Morgan fingerprint density at radius 1 is 1.10 bits per heavy atom. The Kier molecular flexibility index (Phi) is 6.80. The highest BCUT2D eigenvalue weighted by Crippen LogP contribution is 2.45. The fourth-order valence-electron chi connectivity index (χ4n) is 3.20. The van der Waals surface area contributed by atoms with Crippen molar-refractivity contribution in [3.63, 3.8) is 0 Å². The van der Waals surface area contributed by atoms with Gasteiger partial charge >= 0.3 is 0 Å². The molecule has 2 aliphatic rings. The largest absolute Gasteiger partial charge is 0.314 e. The van der Waals surface area contributed by atoms with E-state index in [0.717, 1.165) is 19.0 Å². The van der Waals surface area contributed by atoms with E-state index in [1.165, 1.54) is 37.1 Å². The molecule has 1 aliphatic carbocycles. The van der Waals surface area contributed by atoms with Gasteiger partial charge in [-0.05, 0) is 43.7 Å². The molecule has 114 valence electrons. The minimum atomic E-state index is 0. The molecule has 2 nitrogen and oxygen atoms in total. The molecule has 1 N–H and O–H groups in total. The third-order valence-electron chi connectivity index (χ3n) is 4.37. The molecule has 1 aliphatic heterocycles. The SMILES string of the molecule is Cc1ccc(C)c([C@H](C2CC2)N2CCNCC2)c1.Cl.Cl. The van der Waals surface area contributed by atoms with Gasteiger partial charge in [0.2, 0.25) is 0 Å². The molecule has 1 aromatic carbocycles. The third kappa shape index (κ3) is 3.88. The second-order valence-corrected chi connectivity index (χ2v) is 5.93. The molecule has 0 unspecified atom stereocenters. The Labute approximate surface area is 135 Å². The molecule has 4 heteroatoms. The maximum atomic E-state index is 3.46. The highest BCUT2D eigenvalue weighted by molar-refractivity contribution is 5.85. The Bertz CT molecular complexity index is 426. The van der Waals surface area contributed by atoms with Crippen LogP contribution >= 0.6 is 24.8 Å². The van der Waals surface area contributed by atoms with Crippen molar-refractivity contribution in [2.75, 3.05) is 26.2 Å². The van der Waals surface area contributed by atoms with E-state index in [1.807, 2.05) is 0 Å². The van der Waals surface area contributed by atoms with E-state index in [4.69, 9.17) is 0 Å². The van der Waals surface area contributed by atoms with Crippen molar-refractivity contribution in [1.82, 2.24) is 10.2 Å². The summed E-state index contributed by atoms with van der Waals surface area (Å²) >= 11 is 0. The van der Waals surface area contributed by atoms with Crippen LogP contribution in [0, 0.1) is 19.8 Å². The van der Waals surface area contributed by atoms with Gasteiger partial charge in [-0.25, -0.2) is 0 Å². The van der Waals surface area contributed by atoms with Gasteiger partial charge in [-0.3, -0.25) is 4.90 Å². The maximum Gasteiger partial charge on any atom is 0.0380 e. The lowest BCUT2D eigenvalue weighted by Gasteiger charge is -2.36. The predicted molar refractivity (Wildman–Crippen MR) is 90.3 cm³/mol. The Morgan fingerprint density at radius 2 is 1.75 bits per heavy atom. The molecule has 1 heterocycles. The molecule has 0 amide bonds. The van der Waals surface area contributed by atoms with E-state index < -0.39 is 0 Å². The summed E-state index contributed by atoms with van der Waals surface area (Å²) in [7, 11) is 0. The molecule has 2 fully saturated rings. The number of rotatable bonds is 3. The number of halogens is 2. The van der Waals surface area contributed by atoms with E-state index in [1.54, 1.807) is 5.56 Å². The first-order chi connectivity index (χ1) is 8.75. The smallest absolute Gasteiger partial charge is 0.0380 e. The maximum absolute atomic E-state index is 3.46. The minimum Gasteiger partial charge on any atom is -0.314 e. The van der Waals surface area contributed by atoms with Gasteiger partial charge in [0.05, 0.1) is 0 Å². The summed E-state index contributed by atoms with van der Waals surface area (Å²) in [5.74, 6) is 0.906. The Morgan fingerprint density at radius 3 is 2.35 bits per heavy atom. The fraction of sp³-hybridized carbons (Fsp3) is 0.625. The van der Waals surface area contributed by atoms with Gasteiger partial charge in [0.25, 0.3) is 0 Å². The molecule has 0 bridgehead atoms. The summed E-state index contributed by atoms with van der Waals surface area (Å²) < 4.78 is 0. The average molecular weight is 317 g/mol. The van der Waals surface area contributed by atoms with Gasteiger partial charge in [-0.1, -0.05) is 23.8 Å². The summed E-state index contributed by atoms with van der Waals surface area (Å²) in [6.45, 7) is 9.18. The van der Waals surface area contributed by atoms with Crippen LogP contribution in [0.15, 0.2) is 18.2 Å². The van der Waals surface area contributed by atoms with Crippen LogP contribution in [-0.2, 0) is 0 Å². The van der Waals surface area contributed by atoms with Gasteiger partial charge in [-0.2, -0.15) is 0 Å². The lowest BCUT2D eigenvalue weighted by Crippen LogP contribution is -2.45. The lowest BCUT2D eigenvalue weighted by molar-refractivity contribution is 0.155. The molecular weight excluding hydrogens is 291 g/mol. The standard InChI is InChI=1S/C16H24N2.2ClH/c1-12-3-4-13(2)15(11-12)16(14-5-6-14)18-9-7-17-8-10-18;;/h3-4,11,14,16-17H,5-10H2,1-2H3;2*1H/t16-;;/m0../s1. The number of nitrogens with one attached hydrogen (secondary N) is 1. The first kappa shape index (κ1) is 17.8. The molecule has 0 radical (unpaired) electrons. The van der Waals surface area contributed by atoms with Gasteiger partial charge < -0.3 is 5.32 Å². The van der Waals surface area contributed by atoms with Crippen molar-refractivity contribution < 1.29 is 0 Å². The summed E-state index contributed by atoms with van der Waals surface area (Å²) in [5.41, 5.74) is 4.45. The van der Waals surface area contributed by atoms with Crippen LogP contribution in [0.2, 0.25) is 0 Å². The minimum absolute atomic E-state index is 0.